The zero-order valence-electron chi connectivity index (χ0n) is 15.0. The predicted octanol–water partition coefficient (Wildman–Crippen LogP) is 3.56. The van der Waals surface area contributed by atoms with E-state index in [2.05, 4.69) is 10.5 Å². The molecule has 0 radical (unpaired) electrons. The van der Waals surface area contributed by atoms with Crippen LogP contribution in [0.3, 0.4) is 0 Å². The zero-order chi connectivity index (χ0) is 19.9. The highest BCUT2D eigenvalue weighted by molar-refractivity contribution is 5.95. The molecule has 0 saturated heterocycles. The molecule has 1 aromatic heterocycles. The minimum Gasteiger partial charge on any atom is -0.481 e. The third kappa shape index (κ3) is 4.64. The molecule has 0 aliphatic carbocycles. The van der Waals surface area contributed by atoms with Crippen LogP contribution in [0, 0.1) is 0 Å². The average Bonchev–Trinajstić information content (AvgIpc) is 3.17. The number of aromatic carboxylic acids is 1. The van der Waals surface area contributed by atoms with Crippen LogP contribution in [-0.2, 0) is 4.79 Å². The second-order valence-electron chi connectivity index (χ2n) is 5.86. The summed E-state index contributed by atoms with van der Waals surface area (Å²) >= 11 is 0. The molecule has 28 heavy (non-hydrogen) atoms. The van der Waals surface area contributed by atoms with Crippen molar-refractivity contribution in [3.8, 4) is 17.1 Å². The Hall–Kier alpha value is -3.87. The monoisotopic (exact) mass is 378 g/mol. The Morgan fingerprint density at radius 3 is 2.54 bits per heavy atom. The minimum absolute atomic E-state index is 0.139. The van der Waals surface area contributed by atoms with Crippen LogP contribution in [-0.4, -0.2) is 29.3 Å². The van der Waals surface area contributed by atoms with E-state index in [1.165, 1.54) is 12.3 Å². The SMILES string of the molecule is C[C@H](Oc1ccccc1)C(=O)N/N=C\c1ccc(-c2ccccc2C(=O)O)o1. The third-order valence-corrected chi connectivity index (χ3v) is 3.84. The van der Waals surface area contributed by atoms with E-state index in [-0.39, 0.29) is 5.56 Å². The highest BCUT2D eigenvalue weighted by atomic mass is 16.5. The van der Waals surface area contributed by atoms with Gasteiger partial charge in [-0.05, 0) is 37.3 Å². The van der Waals surface area contributed by atoms with Crippen LogP contribution in [0.2, 0.25) is 0 Å². The van der Waals surface area contributed by atoms with Crippen LogP contribution >= 0.6 is 0 Å². The van der Waals surface area contributed by atoms with Crippen molar-refractivity contribution >= 4 is 18.1 Å². The van der Waals surface area contributed by atoms with Crippen LogP contribution in [0.25, 0.3) is 11.3 Å². The zero-order valence-corrected chi connectivity index (χ0v) is 15.0. The van der Waals surface area contributed by atoms with E-state index in [0.29, 0.717) is 22.8 Å². The minimum atomic E-state index is -1.04. The number of carbonyl (C=O) groups excluding carboxylic acids is 1. The Kier molecular flexibility index (Phi) is 5.86. The van der Waals surface area contributed by atoms with Crippen molar-refractivity contribution in [2.75, 3.05) is 0 Å². The summed E-state index contributed by atoms with van der Waals surface area (Å²) in [4.78, 5) is 23.4. The Balaban J connectivity index is 1.61. The van der Waals surface area contributed by atoms with Crippen molar-refractivity contribution in [2.45, 2.75) is 13.0 Å². The molecule has 1 amide bonds. The van der Waals surface area contributed by atoms with E-state index in [9.17, 15) is 14.7 Å². The molecule has 0 spiro atoms. The number of carbonyl (C=O) groups is 2. The number of benzene rings is 2. The molecule has 0 aliphatic heterocycles. The van der Waals surface area contributed by atoms with Gasteiger partial charge >= 0.3 is 5.97 Å². The highest BCUT2D eigenvalue weighted by Crippen LogP contribution is 2.25. The number of rotatable bonds is 7. The first-order valence-corrected chi connectivity index (χ1v) is 8.52. The van der Waals surface area contributed by atoms with Gasteiger partial charge in [0, 0.05) is 5.56 Å². The summed E-state index contributed by atoms with van der Waals surface area (Å²) in [6.45, 7) is 1.62. The van der Waals surface area contributed by atoms with Gasteiger partial charge in [0.25, 0.3) is 5.91 Å². The fourth-order valence-corrected chi connectivity index (χ4v) is 2.46. The number of nitrogens with zero attached hydrogens (tertiary/aromatic N) is 1. The molecule has 3 rings (SSSR count). The number of hydrogen-bond acceptors (Lipinski definition) is 5. The lowest BCUT2D eigenvalue weighted by molar-refractivity contribution is -0.127. The number of amides is 1. The molecule has 3 aromatic rings. The largest absolute Gasteiger partial charge is 0.481 e. The number of nitrogens with one attached hydrogen (secondary N) is 1. The van der Waals surface area contributed by atoms with E-state index in [1.807, 2.05) is 18.2 Å². The topological polar surface area (TPSA) is 101 Å². The summed E-state index contributed by atoms with van der Waals surface area (Å²) in [5, 5.41) is 13.1. The van der Waals surface area contributed by atoms with Gasteiger partial charge in [-0.2, -0.15) is 5.10 Å². The van der Waals surface area contributed by atoms with E-state index >= 15 is 0 Å². The number of carboxylic acid groups (broad SMARTS) is 1. The molecular weight excluding hydrogens is 360 g/mol. The first-order chi connectivity index (χ1) is 13.5. The number of hydrogen-bond donors (Lipinski definition) is 2. The quantitative estimate of drug-likeness (QED) is 0.483. The summed E-state index contributed by atoms with van der Waals surface area (Å²) in [5.74, 6) is -0.106. The van der Waals surface area contributed by atoms with Gasteiger partial charge < -0.3 is 14.3 Å². The molecule has 0 bridgehead atoms. The maximum absolute atomic E-state index is 12.0. The molecule has 7 heteroatoms. The normalized spacial score (nSPS) is 11.9. The van der Waals surface area contributed by atoms with Gasteiger partial charge in [-0.1, -0.05) is 36.4 Å². The van der Waals surface area contributed by atoms with Crippen molar-refractivity contribution in [1.82, 2.24) is 5.43 Å². The van der Waals surface area contributed by atoms with Crippen molar-refractivity contribution in [1.29, 1.82) is 0 Å². The van der Waals surface area contributed by atoms with Crippen molar-refractivity contribution < 1.29 is 23.8 Å². The van der Waals surface area contributed by atoms with Gasteiger partial charge in [0.05, 0.1) is 11.8 Å². The Bertz CT molecular complexity index is 995. The molecule has 0 saturated carbocycles. The van der Waals surface area contributed by atoms with Crippen LogP contribution in [0.5, 0.6) is 5.75 Å². The predicted molar refractivity (Wildman–Crippen MR) is 103 cm³/mol. The van der Waals surface area contributed by atoms with E-state index in [4.69, 9.17) is 9.15 Å². The summed E-state index contributed by atoms with van der Waals surface area (Å²) in [7, 11) is 0. The lowest BCUT2D eigenvalue weighted by Crippen LogP contribution is -2.33. The fourth-order valence-electron chi connectivity index (χ4n) is 2.46. The van der Waals surface area contributed by atoms with Crippen LogP contribution < -0.4 is 10.2 Å². The van der Waals surface area contributed by atoms with Crippen molar-refractivity contribution in [2.24, 2.45) is 5.10 Å². The molecule has 0 fully saturated rings. The maximum atomic E-state index is 12.0. The Morgan fingerprint density at radius 2 is 1.79 bits per heavy atom. The number of furan rings is 1. The maximum Gasteiger partial charge on any atom is 0.336 e. The van der Waals surface area contributed by atoms with Gasteiger partial charge in [-0.3, -0.25) is 4.79 Å². The van der Waals surface area contributed by atoms with Crippen molar-refractivity contribution in [3.63, 3.8) is 0 Å². The first kappa shape index (κ1) is 18.9. The number of ether oxygens (including phenoxy) is 1. The molecule has 2 N–H and O–H groups in total. The molecule has 2 aromatic carbocycles. The number of para-hydroxylation sites is 1. The van der Waals surface area contributed by atoms with Gasteiger partial charge in [-0.25, -0.2) is 10.2 Å². The summed E-state index contributed by atoms with van der Waals surface area (Å²) in [5.41, 5.74) is 2.98. The van der Waals surface area contributed by atoms with E-state index < -0.39 is 18.0 Å². The summed E-state index contributed by atoms with van der Waals surface area (Å²) in [6.07, 6.45) is 0.606. The van der Waals surface area contributed by atoms with Crippen LogP contribution in [0.4, 0.5) is 0 Å². The lowest BCUT2D eigenvalue weighted by atomic mass is 10.1. The second kappa shape index (κ2) is 8.68. The fraction of sp³-hybridized carbons (Fsp3) is 0.0952. The van der Waals surface area contributed by atoms with Crippen LogP contribution in [0.15, 0.2) is 76.2 Å². The number of hydrazone groups is 1. The second-order valence-corrected chi connectivity index (χ2v) is 5.86. The molecule has 7 nitrogen and oxygen atoms in total. The standard InChI is InChI=1S/C21H18N2O5/c1-14(27-15-7-3-2-4-8-15)20(24)23-22-13-16-11-12-19(28-16)17-9-5-6-10-18(17)21(25)26/h2-14H,1H3,(H,23,24)(H,25,26)/b22-13-/t14-/m0/s1. The van der Waals surface area contributed by atoms with E-state index in [0.717, 1.165) is 0 Å². The molecule has 1 heterocycles. The smallest absolute Gasteiger partial charge is 0.336 e. The Morgan fingerprint density at radius 1 is 1.07 bits per heavy atom. The summed E-state index contributed by atoms with van der Waals surface area (Å²) < 4.78 is 11.1. The summed E-state index contributed by atoms with van der Waals surface area (Å²) in [6, 6.07) is 18.8. The first-order valence-electron chi connectivity index (χ1n) is 8.52. The third-order valence-electron chi connectivity index (χ3n) is 3.84. The molecule has 0 unspecified atom stereocenters. The molecule has 0 aliphatic rings. The Labute approximate surface area is 161 Å². The van der Waals surface area contributed by atoms with Gasteiger partial charge in [0.15, 0.2) is 6.10 Å². The van der Waals surface area contributed by atoms with Crippen LogP contribution in [0.1, 0.15) is 23.0 Å². The van der Waals surface area contributed by atoms with Gasteiger partial charge in [0.2, 0.25) is 0 Å². The number of carboxylic acids is 1. The molecular formula is C21H18N2O5. The molecule has 142 valence electrons. The van der Waals surface area contributed by atoms with E-state index in [1.54, 1.807) is 49.4 Å². The van der Waals surface area contributed by atoms with Crippen molar-refractivity contribution in [3.05, 3.63) is 78.1 Å². The van der Waals surface area contributed by atoms with Gasteiger partial charge in [0.1, 0.15) is 17.3 Å². The molecule has 1 atom stereocenters. The lowest BCUT2D eigenvalue weighted by Gasteiger charge is -2.12. The average molecular weight is 378 g/mol. The van der Waals surface area contributed by atoms with Gasteiger partial charge in [-0.15, -0.1) is 0 Å². The highest BCUT2D eigenvalue weighted by Gasteiger charge is 2.15.